The van der Waals surface area contributed by atoms with Crippen molar-refractivity contribution in [1.29, 1.82) is 0 Å². The van der Waals surface area contributed by atoms with E-state index in [1.54, 1.807) is 23.7 Å². The maximum absolute atomic E-state index is 5.64. The first-order valence-electron chi connectivity index (χ1n) is 6.99. The van der Waals surface area contributed by atoms with Crippen LogP contribution in [-0.2, 0) is 17.7 Å². The standard InChI is InChI=1S/C15H19N3OS/c1(14-9-16-4-5-17-14)2-15-11-19-7-6-18(15)10-13-3-8-20-12-13/h3-5,8-9,12,15H,1-2,6-7,10-11H2. The molecule has 1 unspecified atom stereocenters. The van der Waals surface area contributed by atoms with Gasteiger partial charge in [0.15, 0.2) is 0 Å². The van der Waals surface area contributed by atoms with E-state index in [2.05, 4.69) is 31.7 Å². The molecule has 0 aromatic carbocycles. The Labute approximate surface area is 123 Å². The topological polar surface area (TPSA) is 38.2 Å². The summed E-state index contributed by atoms with van der Waals surface area (Å²) < 4.78 is 5.64. The van der Waals surface area contributed by atoms with Gasteiger partial charge < -0.3 is 4.74 Å². The smallest absolute Gasteiger partial charge is 0.0622 e. The molecule has 0 spiro atoms. The quantitative estimate of drug-likeness (QED) is 0.847. The highest BCUT2D eigenvalue weighted by Crippen LogP contribution is 2.17. The lowest BCUT2D eigenvalue weighted by molar-refractivity contribution is -0.0143. The van der Waals surface area contributed by atoms with Crippen molar-refractivity contribution in [3.63, 3.8) is 0 Å². The number of thiophene rings is 1. The molecule has 0 N–H and O–H groups in total. The number of hydrogen-bond donors (Lipinski definition) is 0. The van der Waals surface area contributed by atoms with Gasteiger partial charge in [0.1, 0.15) is 0 Å². The van der Waals surface area contributed by atoms with Crippen LogP contribution >= 0.6 is 11.3 Å². The van der Waals surface area contributed by atoms with Gasteiger partial charge in [-0.3, -0.25) is 14.9 Å². The molecule has 4 nitrogen and oxygen atoms in total. The summed E-state index contributed by atoms with van der Waals surface area (Å²) >= 11 is 1.76. The maximum atomic E-state index is 5.64. The predicted molar refractivity (Wildman–Crippen MR) is 79.7 cm³/mol. The zero-order valence-corrected chi connectivity index (χ0v) is 12.3. The average Bonchev–Trinajstić information content (AvgIpc) is 3.00. The maximum Gasteiger partial charge on any atom is 0.0622 e. The van der Waals surface area contributed by atoms with Crippen LogP contribution in [0.25, 0.3) is 0 Å². The Balaban J connectivity index is 1.57. The molecule has 1 atom stereocenters. The van der Waals surface area contributed by atoms with Gasteiger partial charge >= 0.3 is 0 Å². The van der Waals surface area contributed by atoms with Crippen molar-refractivity contribution in [2.45, 2.75) is 25.4 Å². The Bertz CT molecular complexity index is 503. The summed E-state index contributed by atoms with van der Waals surface area (Å²) in [6.45, 7) is 3.70. The van der Waals surface area contributed by atoms with E-state index in [1.807, 2.05) is 6.20 Å². The van der Waals surface area contributed by atoms with E-state index in [-0.39, 0.29) is 0 Å². The van der Waals surface area contributed by atoms with E-state index < -0.39 is 0 Å². The van der Waals surface area contributed by atoms with Gasteiger partial charge in [-0.15, -0.1) is 0 Å². The van der Waals surface area contributed by atoms with E-state index in [1.165, 1.54) is 5.56 Å². The molecule has 0 saturated carbocycles. The van der Waals surface area contributed by atoms with Gasteiger partial charge in [-0.1, -0.05) is 0 Å². The summed E-state index contributed by atoms with van der Waals surface area (Å²) in [5.74, 6) is 0. The Morgan fingerprint density at radius 1 is 1.40 bits per heavy atom. The van der Waals surface area contributed by atoms with E-state index in [9.17, 15) is 0 Å². The van der Waals surface area contributed by atoms with E-state index in [4.69, 9.17) is 4.74 Å². The summed E-state index contributed by atoms with van der Waals surface area (Å²) in [6, 6.07) is 2.69. The SMILES string of the molecule is c1cnc(CCC2COCCN2Cc2ccsc2)cn1. The summed E-state index contributed by atoms with van der Waals surface area (Å²) in [5, 5.41) is 4.37. The van der Waals surface area contributed by atoms with Crippen molar-refractivity contribution in [2.24, 2.45) is 0 Å². The minimum atomic E-state index is 0.477. The number of ether oxygens (including phenoxy) is 1. The second kappa shape index (κ2) is 6.92. The molecule has 0 bridgehead atoms. The van der Waals surface area contributed by atoms with Crippen LogP contribution in [0.4, 0.5) is 0 Å². The summed E-state index contributed by atoms with van der Waals surface area (Å²) in [7, 11) is 0. The van der Waals surface area contributed by atoms with Crippen LogP contribution in [0, 0.1) is 0 Å². The molecule has 1 aliphatic heterocycles. The van der Waals surface area contributed by atoms with Crippen LogP contribution in [0.2, 0.25) is 0 Å². The first kappa shape index (κ1) is 13.7. The predicted octanol–water partition coefficient (Wildman–Crippen LogP) is 2.37. The van der Waals surface area contributed by atoms with Crippen molar-refractivity contribution >= 4 is 11.3 Å². The van der Waals surface area contributed by atoms with Gasteiger partial charge in [-0.05, 0) is 35.2 Å². The number of rotatable bonds is 5. The molecule has 1 fully saturated rings. The molecule has 5 heteroatoms. The molecule has 1 aliphatic rings. The highest BCUT2D eigenvalue weighted by atomic mass is 32.1. The van der Waals surface area contributed by atoms with E-state index in [0.717, 1.165) is 44.8 Å². The Morgan fingerprint density at radius 2 is 2.40 bits per heavy atom. The number of nitrogens with zero attached hydrogens (tertiary/aromatic N) is 3. The van der Waals surface area contributed by atoms with Crippen molar-refractivity contribution in [3.05, 3.63) is 46.7 Å². The first-order chi connectivity index (χ1) is 9.92. The highest BCUT2D eigenvalue weighted by molar-refractivity contribution is 7.07. The molecule has 0 aliphatic carbocycles. The molecular weight excluding hydrogens is 270 g/mol. The van der Waals surface area contributed by atoms with Crippen molar-refractivity contribution in [2.75, 3.05) is 19.8 Å². The zero-order chi connectivity index (χ0) is 13.6. The van der Waals surface area contributed by atoms with Crippen LogP contribution in [0.15, 0.2) is 35.4 Å². The van der Waals surface area contributed by atoms with Gasteiger partial charge in [0.2, 0.25) is 0 Å². The number of hydrogen-bond acceptors (Lipinski definition) is 5. The molecule has 0 radical (unpaired) electrons. The van der Waals surface area contributed by atoms with E-state index >= 15 is 0 Å². The van der Waals surface area contributed by atoms with Crippen molar-refractivity contribution in [1.82, 2.24) is 14.9 Å². The largest absolute Gasteiger partial charge is 0.378 e. The molecule has 3 rings (SSSR count). The lowest BCUT2D eigenvalue weighted by Crippen LogP contribution is -2.45. The Morgan fingerprint density at radius 3 is 3.20 bits per heavy atom. The molecule has 2 aromatic rings. The average molecular weight is 289 g/mol. The van der Waals surface area contributed by atoms with Crippen LogP contribution in [0.5, 0.6) is 0 Å². The fraction of sp³-hybridized carbons (Fsp3) is 0.467. The second-order valence-corrected chi connectivity index (χ2v) is 5.85. The Hall–Kier alpha value is -1.30. The van der Waals surface area contributed by atoms with Crippen LogP contribution in [0.1, 0.15) is 17.7 Å². The highest BCUT2D eigenvalue weighted by Gasteiger charge is 2.23. The van der Waals surface area contributed by atoms with Crippen molar-refractivity contribution in [3.8, 4) is 0 Å². The second-order valence-electron chi connectivity index (χ2n) is 5.07. The molecule has 106 valence electrons. The lowest BCUT2D eigenvalue weighted by Gasteiger charge is -2.35. The van der Waals surface area contributed by atoms with Crippen LogP contribution in [-0.4, -0.2) is 40.7 Å². The number of morpholine rings is 1. The number of aryl methyl sites for hydroxylation is 1. The normalized spacial score (nSPS) is 20.1. The van der Waals surface area contributed by atoms with Gasteiger partial charge in [-0.25, -0.2) is 0 Å². The molecular formula is C15H19N3OS. The zero-order valence-electron chi connectivity index (χ0n) is 11.4. The van der Waals surface area contributed by atoms with Gasteiger partial charge in [0.25, 0.3) is 0 Å². The fourth-order valence-electron chi connectivity index (χ4n) is 2.55. The third-order valence-electron chi connectivity index (χ3n) is 3.67. The molecule has 20 heavy (non-hydrogen) atoms. The third-order valence-corrected chi connectivity index (χ3v) is 4.40. The third kappa shape index (κ3) is 3.62. The summed E-state index contributed by atoms with van der Waals surface area (Å²) in [5.41, 5.74) is 2.47. The molecule has 3 heterocycles. The summed E-state index contributed by atoms with van der Waals surface area (Å²) in [6.07, 6.45) is 7.36. The van der Waals surface area contributed by atoms with Gasteiger partial charge in [-0.2, -0.15) is 11.3 Å². The van der Waals surface area contributed by atoms with E-state index in [0.29, 0.717) is 6.04 Å². The minimum Gasteiger partial charge on any atom is -0.378 e. The molecule has 0 amide bonds. The summed E-state index contributed by atoms with van der Waals surface area (Å²) in [4.78, 5) is 11.0. The van der Waals surface area contributed by atoms with Gasteiger partial charge in [0.05, 0.1) is 18.9 Å². The lowest BCUT2D eigenvalue weighted by atomic mass is 10.1. The Kier molecular flexibility index (Phi) is 4.73. The van der Waals surface area contributed by atoms with Crippen LogP contribution in [0.3, 0.4) is 0 Å². The van der Waals surface area contributed by atoms with Crippen molar-refractivity contribution < 1.29 is 4.74 Å². The molecule has 2 aromatic heterocycles. The van der Waals surface area contributed by atoms with Crippen LogP contribution < -0.4 is 0 Å². The number of aromatic nitrogens is 2. The van der Waals surface area contributed by atoms with Gasteiger partial charge in [0, 0.05) is 37.7 Å². The monoisotopic (exact) mass is 289 g/mol. The minimum absolute atomic E-state index is 0.477. The molecule has 1 saturated heterocycles. The first-order valence-corrected chi connectivity index (χ1v) is 7.94. The fourth-order valence-corrected chi connectivity index (χ4v) is 3.21.